The van der Waals surface area contributed by atoms with E-state index in [0.717, 1.165) is 0 Å². The van der Waals surface area contributed by atoms with Gasteiger partial charge in [0.05, 0.1) is 16.8 Å². The summed E-state index contributed by atoms with van der Waals surface area (Å²) in [5, 5.41) is 14.2. The molecule has 9 heteroatoms. The molecular formula is C11H18N2O5S2. The van der Waals surface area contributed by atoms with E-state index < -0.39 is 26.2 Å². The van der Waals surface area contributed by atoms with Gasteiger partial charge in [0.25, 0.3) is 0 Å². The number of nitrogens with two attached hydrogens (primary N) is 1. The zero-order valence-corrected chi connectivity index (χ0v) is 12.6. The second-order valence-electron chi connectivity index (χ2n) is 4.37. The molecule has 0 spiro atoms. The Labute approximate surface area is 118 Å². The molecule has 1 aromatic carbocycles. The van der Waals surface area contributed by atoms with Crippen molar-refractivity contribution in [2.24, 2.45) is 5.14 Å². The molecule has 0 bridgehead atoms. The number of benzene rings is 1. The lowest BCUT2D eigenvalue weighted by Crippen LogP contribution is -2.27. The van der Waals surface area contributed by atoms with Gasteiger partial charge in [-0.05, 0) is 31.0 Å². The Kier molecular flexibility index (Phi) is 5.66. The van der Waals surface area contributed by atoms with Crippen molar-refractivity contribution in [1.82, 2.24) is 4.72 Å². The van der Waals surface area contributed by atoms with Gasteiger partial charge in [-0.15, -0.1) is 0 Å². The minimum Gasteiger partial charge on any atom is -0.389 e. The lowest BCUT2D eigenvalue weighted by atomic mass is 10.1. The molecule has 1 rings (SSSR count). The van der Waals surface area contributed by atoms with E-state index in [0.29, 0.717) is 5.56 Å². The summed E-state index contributed by atoms with van der Waals surface area (Å²) >= 11 is 0. The van der Waals surface area contributed by atoms with Crippen molar-refractivity contribution in [3.63, 3.8) is 0 Å². The van der Waals surface area contributed by atoms with Crippen LogP contribution in [0.5, 0.6) is 0 Å². The third kappa shape index (κ3) is 5.55. The van der Waals surface area contributed by atoms with Gasteiger partial charge >= 0.3 is 0 Å². The lowest BCUT2D eigenvalue weighted by Gasteiger charge is -2.09. The second kappa shape index (κ2) is 6.64. The van der Waals surface area contributed by atoms with Crippen molar-refractivity contribution in [3.05, 3.63) is 29.8 Å². The Morgan fingerprint density at radius 1 is 1.30 bits per heavy atom. The summed E-state index contributed by atoms with van der Waals surface area (Å²) in [7, 11) is -7.32. The summed E-state index contributed by atoms with van der Waals surface area (Å²) in [6.45, 7) is 1.50. The number of rotatable bonds is 7. The first kappa shape index (κ1) is 17.1. The predicted octanol–water partition coefficient (Wildman–Crippen LogP) is -0.303. The van der Waals surface area contributed by atoms with Crippen molar-refractivity contribution < 1.29 is 21.9 Å². The maximum Gasteiger partial charge on any atom is 0.240 e. The van der Waals surface area contributed by atoms with Crippen LogP contribution in [0.2, 0.25) is 0 Å². The fourth-order valence-corrected chi connectivity index (χ4v) is 3.18. The summed E-state index contributed by atoms with van der Waals surface area (Å²) in [5.41, 5.74) is 0.484. The molecule has 1 aromatic rings. The molecular weight excluding hydrogens is 304 g/mol. The van der Waals surface area contributed by atoms with Crippen LogP contribution in [0.3, 0.4) is 0 Å². The Bertz CT molecular complexity index is 653. The molecule has 114 valence electrons. The molecule has 0 aliphatic carbocycles. The van der Waals surface area contributed by atoms with Crippen molar-refractivity contribution in [1.29, 1.82) is 0 Å². The summed E-state index contributed by atoms with van der Waals surface area (Å²) < 4.78 is 47.6. The van der Waals surface area contributed by atoms with Crippen LogP contribution in [0.4, 0.5) is 0 Å². The van der Waals surface area contributed by atoms with Gasteiger partial charge in [0, 0.05) is 6.54 Å². The molecule has 20 heavy (non-hydrogen) atoms. The summed E-state index contributed by atoms with van der Waals surface area (Å²) in [6.07, 6.45) is -0.679. The molecule has 0 radical (unpaired) electrons. The largest absolute Gasteiger partial charge is 0.389 e. The molecule has 1 atom stereocenters. The van der Waals surface area contributed by atoms with Gasteiger partial charge in [0.2, 0.25) is 20.0 Å². The van der Waals surface area contributed by atoms with Crippen molar-refractivity contribution >= 4 is 20.0 Å². The van der Waals surface area contributed by atoms with Crippen LogP contribution in [0.15, 0.2) is 29.2 Å². The number of nitrogens with one attached hydrogen (secondary N) is 1. The quantitative estimate of drug-likeness (QED) is 0.594. The lowest BCUT2D eigenvalue weighted by molar-refractivity contribution is 0.199. The summed E-state index contributed by atoms with van der Waals surface area (Å²) in [4.78, 5) is 0.0199. The fourth-order valence-electron chi connectivity index (χ4n) is 1.50. The topological polar surface area (TPSA) is 127 Å². The average Bonchev–Trinajstić information content (AvgIpc) is 2.34. The van der Waals surface area contributed by atoms with Gasteiger partial charge < -0.3 is 5.11 Å². The van der Waals surface area contributed by atoms with Crippen molar-refractivity contribution in [3.8, 4) is 0 Å². The number of sulfonamides is 2. The Morgan fingerprint density at radius 3 is 2.50 bits per heavy atom. The molecule has 7 nitrogen and oxygen atoms in total. The molecule has 1 unspecified atom stereocenters. The van der Waals surface area contributed by atoms with Crippen LogP contribution in [0.25, 0.3) is 0 Å². The monoisotopic (exact) mass is 322 g/mol. The smallest absolute Gasteiger partial charge is 0.240 e. The first-order chi connectivity index (χ1) is 9.12. The van der Waals surface area contributed by atoms with Gasteiger partial charge in [-0.3, -0.25) is 0 Å². The van der Waals surface area contributed by atoms with E-state index in [1.165, 1.54) is 25.1 Å². The fraction of sp³-hybridized carbons (Fsp3) is 0.455. The van der Waals surface area contributed by atoms with Crippen LogP contribution < -0.4 is 9.86 Å². The zero-order valence-electron chi connectivity index (χ0n) is 11.0. The van der Waals surface area contributed by atoms with E-state index in [1.807, 2.05) is 0 Å². The standard InChI is InChI=1S/C11H18N2O5S2/c1-9(14)10-4-2-5-11(8-10)20(17,18)13-6-3-7-19(12,15)16/h2,4-5,8-9,13-14H,3,6-7H2,1H3,(H2,12,15,16). The van der Waals surface area contributed by atoms with Crippen molar-refractivity contribution in [2.45, 2.75) is 24.3 Å². The van der Waals surface area contributed by atoms with Gasteiger partial charge in [0.1, 0.15) is 0 Å². The average molecular weight is 322 g/mol. The third-order valence-electron chi connectivity index (χ3n) is 2.55. The highest BCUT2D eigenvalue weighted by Crippen LogP contribution is 2.16. The molecule has 0 aromatic heterocycles. The van der Waals surface area contributed by atoms with E-state index in [9.17, 15) is 21.9 Å². The van der Waals surface area contributed by atoms with Crippen LogP contribution >= 0.6 is 0 Å². The van der Waals surface area contributed by atoms with E-state index in [4.69, 9.17) is 5.14 Å². The van der Waals surface area contributed by atoms with Crippen LogP contribution in [-0.4, -0.2) is 34.2 Å². The van der Waals surface area contributed by atoms with Crippen LogP contribution in [0.1, 0.15) is 25.0 Å². The first-order valence-corrected chi connectivity index (χ1v) is 9.10. The normalized spacial score (nSPS) is 14.2. The van der Waals surface area contributed by atoms with Gasteiger partial charge in [-0.1, -0.05) is 12.1 Å². The highest BCUT2D eigenvalue weighted by atomic mass is 32.2. The number of aliphatic hydroxyl groups excluding tert-OH is 1. The van der Waals surface area contributed by atoms with E-state index in [1.54, 1.807) is 6.07 Å². The maximum absolute atomic E-state index is 12.0. The predicted molar refractivity (Wildman–Crippen MR) is 74.9 cm³/mol. The van der Waals surface area contributed by atoms with Gasteiger partial charge in [-0.25, -0.2) is 26.7 Å². The van der Waals surface area contributed by atoms with Gasteiger partial charge in [-0.2, -0.15) is 0 Å². The zero-order chi connectivity index (χ0) is 15.4. The highest BCUT2D eigenvalue weighted by molar-refractivity contribution is 7.89. The van der Waals surface area contributed by atoms with E-state index in [2.05, 4.69) is 4.72 Å². The molecule has 0 heterocycles. The highest BCUT2D eigenvalue weighted by Gasteiger charge is 2.15. The SMILES string of the molecule is CC(O)c1cccc(S(=O)(=O)NCCCS(N)(=O)=O)c1. The van der Waals surface area contributed by atoms with Crippen LogP contribution in [0, 0.1) is 0 Å². The number of hydrogen-bond donors (Lipinski definition) is 3. The Balaban J connectivity index is 2.72. The number of hydrogen-bond acceptors (Lipinski definition) is 5. The van der Waals surface area contributed by atoms with Crippen LogP contribution in [-0.2, 0) is 20.0 Å². The molecule has 0 amide bonds. The second-order valence-corrected chi connectivity index (χ2v) is 7.87. The first-order valence-electron chi connectivity index (χ1n) is 5.90. The molecule has 0 fully saturated rings. The third-order valence-corrected chi connectivity index (χ3v) is 4.86. The van der Waals surface area contributed by atoms with E-state index in [-0.39, 0.29) is 23.6 Å². The summed E-state index contributed by atoms with van der Waals surface area (Å²) in [6, 6.07) is 5.91. The molecule has 0 aliphatic rings. The minimum absolute atomic E-state index is 0.0199. The number of aliphatic hydroxyl groups is 1. The van der Waals surface area contributed by atoms with Crippen molar-refractivity contribution in [2.75, 3.05) is 12.3 Å². The number of primary sulfonamides is 1. The summed E-state index contributed by atoms with van der Waals surface area (Å²) in [5.74, 6) is -0.288. The molecule has 0 saturated heterocycles. The van der Waals surface area contributed by atoms with E-state index >= 15 is 0 Å². The molecule has 0 aliphatic heterocycles. The maximum atomic E-state index is 12.0. The molecule has 4 N–H and O–H groups in total. The Morgan fingerprint density at radius 2 is 1.95 bits per heavy atom. The molecule has 0 saturated carbocycles. The minimum atomic E-state index is -3.73. The Hall–Kier alpha value is -1.00. The van der Waals surface area contributed by atoms with Gasteiger partial charge in [0.15, 0.2) is 0 Å².